The molecule has 0 aliphatic rings. The van der Waals surface area contributed by atoms with Gasteiger partial charge in [0.25, 0.3) is 0 Å². The third-order valence-corrected chi connectivity index (χ3v) is 2.93. The topological polar surface area (TPSA) is 27.7 Å². The number of rotatable bonds is 8. The summed E-state index contributed by atoms with van der Waals surface area (Å²) in [6.07, 6.45) is 3.55. The van der Waals surface area contributed by atoms with Crippen molar-refractivity contribution in [2.75, 3.05) is 13.7 Å². The third-order valence-electron chi connectivity index (χ3n) is 2.93. The van der Waals surface area contributed by atoms with Crippen LogP contribution >= 0.6 is 0 Å². The lowest BCUT2D eigenvalue weighted by atomic mass is 10.2. The van der Waals surface area contributed by atoms with Gasteiger partial charge in [0.05, 0.1) is 26.6 Å². The summed E-state index contributed by atoms with van der Waals surface area (Å²) in [4.78, 5) is 0. The number of hydrogen-bond acceptors (Lipinski definition) is 3. The zero-order chi connectivity index (χ0) is 14.8. The molecule has 0 amide bonds. The lowest BCUT2D eigenvalue weighted by Crippen LogP contribution is -1.93. The molecule has 0 saturated carbocycles. The van der Waals surface area contributed by atoms with E-state index in [-0.39, 0.29) is 0 Å². The summed E-state index contributed by atoms with van der Waals surface area (Å²) in [7, 11) is 1.66. The molecular formula is C18H20O3. The summed E-state index contributed by atoms with van der Waals surface area (Å²) in [6, 6.07) is 17.9. The molecule has 2 rings (SSSR count). The second-order valence-electron chi connectivity index (χ2n) is 4.53. The van der Waals surface area contributed by atoms with Crippen LogP contribution in [0.5, 0.6) is 5.75 Å². The van der Waals surface area contributed by atoms with Gasteiger partial charge < -0.3 is 14.2 Å². The molecule has 0 saturated heterocycles. The molecule has 0 radical (unpaired) electrons. The van der Waals surface area contributed by atoms with E-state index in [4.69, 9.17) is 14.2 Å². The molecule has 2 aromatic rings. The van der Waals surface area contributed by atoms with Crippen LogP contribution in [0.4, 0.5) is 0 Å². The lowest BCUT2D eigenvalue weighted by Gasteiger charge is -2.04. The highest BCUT2D eigenvalue weighted by molar-refractivity contribution is 5.26. The fourth-order valence-electron chi connectivity index (χ4n) is 1.79. The molecule has 0 heterocycles. The van der Waals surface area contributed by atoms with Crippen molar-refractivity contribution in [2.45, 2.75) is 13.2 Å². The number of hydrogen-bond donors (Lipinski definition) is 0. The molecule has 21 heavy (non-hydrogen) atoms. The average molecular weight is 284 g/mol. The van der Waals surface area contributed by atoms with E-state index in [1.165, 1.54) is 0 Å². The third kappa shape index (κ3) is 5.71. The maximum atomic E-state index is 5.54. The second-order valence-corrected chi connectivity index (χ2v) is 4.53. The van der Waals surface area contributed by atoms with Crippen LogP contribution < -0.4 is 4.74 Å². The van der Waals surface area contributed by atoms with Gasteiger partial charge in [-0.1, -0.05) is 42.5 Å². The first-order valence-electron chi connectivity index (χ1n) is 6.89. The predicted octanol–water partition coefficient (Wildman–Crippen LogP) is 3.94. The Morgan fingerprint density at radius 1 is 0.857 bits per heavy atom. The van der Waals surface area contributed by atoms with E-state index in [2.05, 4.69) is 0 Å². The molecule has 2 aromatic carbocycles. The Kier molecular flexibility index (Phi) is 6.36. The summed E-state index contributed by atoms with van der Waals surface area (Å²) in [5.41, 5.74) is 2.27. The second kappa shape index (κ2) is 8.82. The molecule has 3 nitrogen and oxygen atoms in total. The summed E-state index contributed by atoms with van der Waals surface area (Å²) in [5, 5.41) is 0. The van der Waals surface area contributed by atoms with Gasteiger partial charge in [-0.15, -0.1) is 0 Å². The molecule has 0 fully saturated rings. The minimum absolute atomic E-state index is 0.529. The van der Waals surface area contributed by atoms with Crippen LogP contribution in [0.3, 0.4) is 0 Å². The monoisotopic (exact) mass is 284 g/mol. The molecule has 0 aliphatic heterocycles. The molecule has 0 unspecified atom stereocenters. The number of benzene rings is 2. The van der Waals surface area contributed by atoms with Crippen LogP contribution in [0.15, 0.2) is 66.9 Å². The van der Waals surface area contributed by atoms with Gasteiger partial charge in [-0.3, -0.25) is 0 Å². The van der Waals surface area contributed by atoms with Gasteiger partial charge in [-0.25, -0.2) is 0 Å². The molecule has 3 heteroatoms. The van der Waals surface area contributed by atoms with Crippen LogP contribution in [0.25, 0.3) is 0 Å². The van der Waals surface area contributed by atoms with Crippen molar-refractivity contribution in [1.82, 2.24) is 0 Å². The minimum atomic E-state index is 0.529. The smallest absolute Gasteiger partial charge is 0.118 e. The van der Waals surface area contributed by atoms with Crippen LogP contribution in [-0.2, 0) is 22.7 Å². The summed E-state index contributed by atoms with van der Waals surface area (Å²) < 4.78 is 16.1. The zero-order valence-corrected chi connectivity index (χ0v) is 12.2. The molecule has 110 valence electrons. The van der Waals surface area contributed by atoms with Crippen molar-refractivity contribution < 1.29 is 14.2 Å². The largest absolute Gasteiger partial charge is 0.497 e. The highest BCUT2D eigenvalue weighted by atomic mass is 16.5. The standard InChI is InChI=1S/C18H20O3/c1-19-18-10-8-17(9-11-18)15-21-13-5-12-20-14-16-6-3-2-4-7-16/h2-12H,13-15H2,1H3/b12-5+. The quantitative estimate of drug-likeness (QED) is 0.543. The lowest BCUT2D eigenvalue weighted by molar-refractivity contribution is 0.144. The average Bonchev–Trinajstić information content (AvgIpc) is 2.55. The Bertz CT molecular complexity index is 532. The minimum Gasteiger partial charge on any atom is -0.497 e. The van der Waals surface area contributed by atoms with Crippen molar-refractivity contribution in [2.24, 2.45) is 0 Å². The normalized spacial score (nSPS) is 10.7. The van der Waals surface area contributed by atoms with Crippen LogP contribution in [0.1, 0.15) is 11.1 Å². The van der Waals surface area contributed by atoms with E-state index in [1.807, 2.05) is 60.7 Å². The number of methoxy groups -OCH3 is 1. The Labute approximate surface area is 125 Å². The Balaban J connectivity index is 1.59. The van der Waals surface area contributed by atoms with Gasteiger partial charge in [0.1, 0.15) is 12.4 Å². The molecule has 0 bridgehead atoms. The Hall–Kier alpha value is -2.26. The first-order valence-corrected chi connectivity index (χ1v) is 6.89. The fraction of sp³-hybridized carbons (Fsp3) is 0.222. The Morgan fingerprint density at radius 2 is 1.57 bits per heavy atom. The summed E-state index contributed by atoms with van der Waals surface area (Å²) in [6.45, 7) is 1.68. The van der Waals surface area contributed by atoms with Gasteiger partial charge in [0.15, 0.2) is 0 Å². The van der Waals surface area contributed by atoms with Gasteiger partial charge in [0, 0.05) is 0 Å². The number of ether oxygens (including phenoxy) is 3. The van der Waals surface area contributed by atoms with Crippen LogP contribution in [0.2, 0.25) is 0 Å². The van der Waals surface area contributed by atoms with Crippen molar-refractivity contribution >= 4 is 0 Å². The molecule has 0 aliphatic carbocycles. The van der Waals surface area contributed by atoms with Crippen molar-refractivity contribution in [3.8, 4) is 5.75 Å². The zero-order valence-electron chi connectivity index (χ0n) is 12.2. The van der Waals surface area contributed by atoms with Crippen molar-refractivity contribution in [3.63, 3.8) is 0 Å². The van der Waals surface area contributed by atoms with Gasteiger partial charge in [-0.05, 0) is 29.3 Å². The summed E-state index contributed by atoms with van der Waals surface area (Å²) >= 11 is 0. The van der Waals surface area contributed by atoms with Crippen LogP contribution in [-0.4, -0.2) is 13.7 Å². The van der Waals surface area contributed by atoms with Crippen LogP contribution in [0, 0.1) is 0 Å². The highest BCUT2D eigenvalue weighted by Gasteiger charge is 1.94. The molecule has 0 atom stereocenters. The molecule has 0 spiro atoms. The van der Waals surface area contributed by atoms with Gasteiger partial charge >= 0.3 is 0 Å². The van der Waals surface area contributed by atoms with E-state index in [1.54, 1.807) is 13.4 Å². The van der Waals surface area contributed by atoms with Gasteiger partial charge in [-0.2, -0.15) is 0 Å². The Morgan fingerprint density at radius 3 is 2.29 bits per heavy atom. The molecule has 0 aromatic heterocycles. The highest BCUT2D eigenvalue weighted by Crippen LogP contribution is 2.11. The SMILES string of the molecule is COc1ccc(COC/C=C/OCc2ccccc2)cc1. The van der Waals surface area contributed by atoms with E-state index in [9.17, 15) is 0 Å². The fourth-order valence-corrected chi connectivity index (χ4v) is 1.79. The van der Waals surface area contributed by atoms with E-state index < -0.39 is 0 Å². The molecular weight excluding hydrogens is 264 g/mol. The summed E-state index contributed by atoms with van der Waals surface area (Å²) in [5.74, 6) is 0.855. The van der Waals surface area contributed by atoms with E-state index in [0.29, 0.717) is 19.8 Å². The first kappa shape index (κ1) is 15.1. The van der Waals surface area contributed by atoms with E-state index in [0.717, 1.165) is 16.9 Å². The van der Waals surface area contributed by atoms with E-state index >= 15 is 0 Å². The van der Waals surface area contributed by atoms with Crippen molar-refractivity contribution in [3.05, 3.63) is 78.1 Å². The maximum absolute atomic E-state index is 5.54. The van der Waals surface area contributed by atoms with Crippen molar-refractivity contribution in [1.29, 1.82) is 0 Å². The van der Waals surface area contributed by atoms with Gasteiger partial charge in [0.2, 0.25) is 0 Å². The molecule has 0 N–H and O–H groups in total. The maximum Gasteiger partial charge on any atom is 0.118 e. The predicted molar refractivity (Wildman–Crippen MR) is 83.0 cm³/mol. The first-order chi connectivity index (χ1) is 10.4.